The van der Waals surface area contributed by atoms with Crippen molar-refractivity contribution in [2.75, 3.05) is 6.61 Å². The molecule has 17 heavy (non-hydrogen) atoms. The van der Waals surface area contributed by atoms with Gasteiger partial charge in [-0.05, 0) is 44.5 Å². The highest BCUT2D eigenvalue weighted by atomic mass is 16.5. The van der Waals surface area contributed by atoms with E-state index in [1.165, 1.54) is 0 Å². The molecule has 0 radical (unpaired) electrons. The summed E-state index contributed by atoms with van der Waals surface area (Å²) in [5.74, 6) is 0.765. The van der Waals surface area contributed by atoms with Gasteiger partial charge in [-0.25, -0.2) is 0 Å². The Morgan fingerprint density at radius 1 is 1.29 bits per heavy atom. The fourth-order valence-electron chi connectivity index (χ4n) is 1.83. The number of ketones is 1. The van der Waals surface area contributed by atoms with Crippen LogP contribution in [0.15, 0.2) is 24.3 Å². The molecule has 0 bridgehead atoms. The lowest BCUT2D eigenvalue weighted by molar-refractivity contribution is 0.0893. The summed E-state index contributed by atoms with van der Waals surface area (Å²) in [5.41, 5.74) is 5.89. The number of Topliss-reactive ketones (excluding diaryl/α,β-unsaturated/α-hetero) is 1. The smallest absolute Gasteiger partial charge is 0.182 e. The summed E-state index contributed by atoms with van der Waals surface area (Å²) in [5, 5.41) is 0. The molecule has 3 heteroatoms. The zero-order chi connectivity index (χ0) is 12.9. The van der Waals surface area contributed by atoms with Crippen molar-refractivity contribution < 1.29 is 9.53 Å². The number of hydrogen-bond donors (Lipinski definition) is 1. The fourth-order valence-corrected chi connectivity index (χ4v) is 1.83. The van der Waals surface area contributed by atoms with E-state index < -0.39 is 5.54 Å². The van der Waals surface area contributed by atoms with Crippen molar-refractivity contribution in [2.45, 2.75) is 39.2 Å². The number of hydrogen-bond acceptors (Lipinski definition) is 3. The Morgan fingerprint density at radius 3 is 2.35 bits per heavy atom. The lowest BCUT2D eigenvalue weighted by Crippen LogP contribution is -2.44. The lowest BCUT2D eigenvalue weighted by Gasteiger charge is -2.22. The van der Waals surface area contributed by atoms with Crippen LogP contribution in [0.25, 0.3) is 0 Å². The van der Waals surface area contributed by atoms with Crippen LogP contribution in [-0.2, 0) is 0 Å². The van der Waals surface area contributed by atoms with E-state index in [9.17, 15) is 4.79 Å². The second-order valence-corrected chi connectivity index (χ2v) is 4.45. The standard InChI is InChI=1S/C14H21NO2/c1-4-10-14(3,15)13(16)11-6-8-12(9-7-11)17-5-2/h6-9H,4-5,10,15H2,1-3H3. The summed E-state index contributed by atoms with van der Waals surface area (Å²) in [7, 11) is 0. The topological polar surface area (TPSA) is 52.3 Å². The molecule has 1 unspecified atom stereocenters. The van der Waals surface area contributed by atoms with Crippen molar-refractivity contribution in [2.24, 2.45) is 5.73 Å². The van der Waals surface area contributed by atoms with Gasteiger partial charge in [-0.1, -0.05) is 13.3 Å². The Morgan fingerprint density at radius 2 is 1.88 bits per heavy atom. The highest BCUT2D eigenvalue weighted by Gasteiger charge is 2.27. The Kier molecular flexibility index (Phi) is 4.70. The highest BCUT2D eigenvalue weighted by Crippen LogP contribution is 2.19. The van der Waals surface area contributed by atoms with Crippen LogP contribution >= 0.6 is 0 Å². The molecule has 0 amide bonds. The first-order chi connectivity index (χ1) is 8.01. The molecule has 1 rings (SSSR count). The summed E-state index contributed by atoms with van der Waals surface area (Å²) in [6.07, 6.45) is 1.59. The largest absolute Gasteiger partial charge is 0.494 e. The average Bonchev–Trinajstić information content (AvgIpc) is 2.29. The molecular weight excluding hydrogens is 214 g/mol. The summed E-state index contributed by atoms with van der Waals surface area (Å²) in [4.78, 5) is 12.2. The zero-order valence-electron chi connectivity index (χ0n) is 10.8. The maximum absolute atomic E-state index is 12.2. The number of rotatable bonds is 6. The van der Waals surface area contributed by atoms with Gasteiger partial charge in [-0.15, -0.1) is 0 Å². The molecule has 0 fully saturated rings. The van der Waals surface area contributed by atoms with Crippen LogP contribution in [0.3, 0.4) is 0 Å². The monoisotopic (exact) mass is 235 g/mol. The van der Waals surface area contributed by atoms with Gasteiger partial charge in [-0.3, -0.25) is 4.79 Å². The van der Waals surface area contributed by atoms with Crippen molar-refractivity contribution in [3.8, 4) is 5.75 Å². The second kappa shape index (κ2) is 5.82. The Bertz CT molecular complexity index is 368. The predicted molar refractivity (Wildman–Crippen MR) is 69.4 cm³/mol. The van der Waals surface area contributed by atoms with Crippen LogP contribution in [-0.4, -0.2) is 17.9 Å². The number of carbonyl (C=O) groups excluding carboxylic acids is 1. The molecule has 1 aromatic rings. The van der Waals surface area contributed by atoms with Gasteiger partial charge in [0.1, 0.15) is 5.75 Å². The van der Waals surface area contributed by atoms with E-state index in [-0.39, 0.29) is 5.78 Å². The van der Waals surface area contributed by atoms with Gasteiger partial charge in [-0.2, -0.15) is 0 Å². The van der Waals surface area contributed by atoms with E-state index in [0.717, 1.165) is 12.2 Å². The predicted octanol–water partition coefficient (Wildman–Crippen LogP) is 2.79. The fraction of sp³-hybridized carbons (Fsp3) is 0.500. The molecule has 1 aromatic carbocycles. The van der Waals surface area contributed by atoms with E-state index in [2.05, 4.69) is 0 Å². The van der Waals surface area contributed by atoms with E-state index in [1.54, 1.807) is 31.2 Å². The van der Waals surface area contributed by atoms with Crippen LogP contribution in [0.1, 0.15) is 44.0 Å². The number of ether oxygens (including phenoxy) is 1. The molecular formula is C14H21NO2. The van der Waals surface area contributed by atoms with E-state index in [4.69, 9.17) is 10.5 Å². The molecule has 0 spiro atoms. The SMILES string of the molecule is CCCC(C)(N)C(=O)c1ccc(OCC)cc1. The van der Waals surface area contributed by atoms with Crippen molar-refractivity contribution >= 4 is 5.78 Å². The molecule has 0 aromatic heterocycles. The molecule has 0 aliphatic heterocycles. The van der Waals surface area contributed by atoms with Crippen molar-refractivity contribution in [3.63, 3.8) is 0 Å². The van der Waals surface area contributed by atoms with Gasteiger partial charge in [0.05, 0.1) is 12.1 Å². The minimum Gasteiger partial charge on any atom is -0.494 e. The molecule has 0 saturated carbocycles. The third kappa shape index (κ3) is 3.56. The van der Waals surface area contributed by atoms with E-state index in [0.29, 0.717) is 18.6 Å². The second-order valence-electron chi connectivity index (χ2n) is 4.45. The summed E-state index contributed by atoms with van der Waals surface area (Å²) < 4.78 is 5.33. The van der Waals surface area contributed by atoms with Crippen LogP contribution < -0.4 is 10.5 Å². The molecule has 0 saturated heterocycles. The normalized spacial score (nSPS) is 14.1. The molecule has 1 atom stereocenters. The van der Waals surface area contributed by atoms with Crippen molar-refractivity contribution in [1.82, 2.24) is 0 Å². The summed E-state index contributed by atoms with van der Waals surface area (Å²) >= 11 is 0. The molecule has 0 heterocycles. The first-order valence-electron chi connectivity index (χ1n) is 6.07. The van der Waals surface area contributed by atoms with Gasteiger partial charge in [0.2, 0.25) is 0 Å². The van der Waals surface area contributed by atoms with Crippen molar-refractivity contribution in [1.29, 1.82) is 0 Å². The molecule has 0 aliphatic carbocycles. The number of nitrogens with two attached hydrogens (primary N) is 1. The van der Waals surface area contributed by atoms with E-state index in [1.807, 2.05) is 13.8 Å². The third-order valence-corrected chi connectivity index (χ3v) is 2.72. The van der Waals surface area contributed by atoms with Crippen LogP contribution in [0, 0.1) is 0 Å². The van der Waals surface area contributed by atoms with Gasteiger partial charge >= 0.3 is 0 Å². The summed E-state index contributed by atoms with van der Waals surface area (Å²) in [6, 6.07) is 7.15. The third-order valence-electron chi connectivity index (χ3n) is 2.72. The summed E-state index contributed by atoms with van der Waals surface area (Å²) in [6.45, 7) is 6.36. The highest BCUT2D eigenvalue weighted by molar-refractivity contribution is 6.02. The first-order valence-corrected chi connectivity index (χ1v) is 6.07. The molecule has 2 N–H and O–H groups in total. The number of carbonyl (C=O) groups is 1. The molecule has 94 valence electrons. The maximum Gasteiger partial charge on any atom is 0.182 e. The Hall–Kier alpha value is -1.35. The van der Waals surface area contributed by atoms with Crippen molar-refractivity contribution in [3.05, 3.63) is 29.8 Å². The lowest BCUT2D eigenvalue weighted by atomic mass is 9.88. The van der Waals surface area contributed by atoms with Crippen LogP contribution in [0.4, 0.5) is 0 Å². The van der Waals surface area contributed by atoms with E-state index >= 15 is 0 Å². The quantitative estimate of drug-likeness (QED) is 0.771. The van der Waals surface area contributed by atoms with Crippen LogP contribution in [0.2, 0.25) is 0 Å². The maximum atomic E-state index is 12.2. The van der Waals surface area contributed by atoms with Gasteiger partial charge < -0.3 is 10.5 Å². The van der Waals surface area contributed by atoms with Gasteiger partial charge in [0.15, 0.2) is 5.78 Å². The first kappa shape index (κ1) is 13.7. The average molecular weight is 235 g/mol. The minimum absolute atomic E-state index is 0.0117. The van der Waals surface area contributed by atoms with Gasteiger partial charge in [0.25, 0.3) is 0 Å². The number of benzene rings is 1. The Balaban J connectivity index is 2.82. The molecule has 0 aliphatic rings. The zero-order valence-corrected chi connectivity index (χ0v) is 10.8. The Labute approximate surface area is 103 Å². The van der Waals surface area contributed by atoms with Gasteiger partial charge in [0, 0.05) is 5.56 Å². The minimum atomic E-state index is -0.776. The molecule has 3 nitrogen and oxygen atoms in total. The van der Waals surface area contributed by atoms with Crippen LogP contribution in [0.5, 0.6) is 5.75 Å².